The van der Waals surface area contributed by atoms with Crippen LogP contribution in [0.5, 0.6) is 0 Å². The lowest BCUT2D eigenvalue weighted by Crippen LogP contribution is -2.32. The summed E-state index contributed by atoms with van der Waals surface area (Å²) in [4.78, 5) is 26.4. The fourth-order valence-electron chi connectivity index (χ4n) is 1.00. The Morgan fingerprint density at radius 2 is 2.15 bits per heavy atom. The van der Waals surface area contributed by atoms with Gasteiger partial charge in [0.1, 0.15) is 6.04 Å². The molecule has 4 nitrogen and oxygen atoms in total. The molecule has 0 aliphatic rings. The molecule has 0 radical (unpaired) electrons. The van der Waals surface area contributed by atoms with Crippen molar-refractivity contribution in [3.63, 3.8) is 0 Å². The topological polar surface area (TPSA) is 49.7 Å². The fourth-order valence-corrected chi connectivity index (χ4v) is 1.00. The molecule has 0 rings (SSSR count). The van der Waals surface area contributed by atoms with Crippen molar-refractivity contribution in [1.29, 1.82) is 0 Å². The first kappa shape index (κ1) is 11.8. The maximum absolute atomic E-state index is 11.4. The molecule has 13 heavy (non-hydrogen) atoms. The molecule has 1 amide bonds. The molecule has 0 heterocycles. The third-order valence-electron chi connectivity index (χ3n) is 1.77. The van der Waals surface area contributed by atoms with Gasteiger partial charge in [-0.15, -0.1) is 0 Å². The van der Waals surface area contributed by atoms with E-state index in [-0.39, 0.29) is 5.91 Å². The smallest absolute Gasteiger partial charge is 0.247 e. The highest BCUT2D eigenvalue weighted by Gasteiger charge is 2.18. The van der Waals surface area contributed by atoms with Crippen LogP contribution in [0, 0.1) is 0 Å². The van der Waals surface area contributed by atoms with Crippen molar-refractivity contribution in [3.05, 3.63) is 0 Å². The van der Waals surface area contributed by atoms with Crippen LogP contribution in [0.1, 0.15) is 26.2 Å². The number of carbonyl (C=O) groups excluding carboxylic acids is 2. The predicted molar refractivity (Wildman–Crippen MR) is 50.1 cm³/mol. The highest BCUT2D eigenvalue weighted by atomic mass is 16.2. The second-order valence-corrected chi connectivity index (χ2v) is 3.11. The largest absolute Gasteiger partial charge is 0.347 e. The van der Waals surface area contributed by atoms with Gasteiger partial charge in [0.05, 0.1) is 0 Å². The molecule has 0 fully saturated rings. The van der Waals surface area contributed by atoms with Gasteiger partial charge in [-0.2, -0.15) is 4.99 Å². The lowest BCUT2D eigenvalue weighted by molar-refractivity contribution is -0.130. The average molecular weight is 184 g/mol. The number of hydrogen-bond donors (Lipinski definition) is 0. The Morgan fingerprint density at radius 1 is 1.54 bits per heavy atom. The van der Waals surface area contributed by atoms with Crippen molar-refractivity contribution in [2.45, 2.75) is 32.2 Å². The molecule has 0 aromatic heterocycles. The summed E-state index contributed by atoms with van der Waals surface area (Å²) in [5.41, 5.74) is 0. The van der Waals surface area contributed by atoms with Gasteiger partial charge in [0.25, 0.3) is 0 Å². The van der Waals surface area contributed by atoms with E-state index in [1.807, 2.05) is 6.92 Å². The molecule has 74 valence electrons. The first-order valence-corrected chi connectivity index (χ1v) is 4.41. The van der Waals surface area contributed by atoms with Crippen LogP contribution >= 0.6 is 0 Å². The number of aliphatic imine (C=N–C) groups is 1. The molecule has 0 N–H and O–H groups in total. The lowest BCUT2D eigenvalue weighted by Gasteiger charge is -2.15. The molecule has 0 aliphatic heterocycles. The molecule has 0 aromatic carbocycles. The standard InChI is InChI=1S/C9H16N2O2/c1-4-5-6-8(10-7-12)9(13)11(2)3/h8H,4-6H2,1-3H3. The molecule has 0 aliphatic carbocycles. The molecule has 0 spiro atoms. The number of isocyanates is 1. The Kier molecular flexibility index (Phi) is 5.81. The number of carbonyl (C=O) groups is 1. The van der Waals surface area contributed by atoms with E-state index in [2.05, 4.69) is 4.99 Å². The van der Waals surface area contributed by atoms with E-state index in [1.165, 1.54) is 11.0 Å². The fraction of sp³-hybridized carbons (Fsp3) is 0.778. The van der Waals surface area contributed by atoms with Crippen LogP contribution in [-0.2, 0) is 9.59 Å². The number of hydrogen-bond acceptors (Lipinski definition) is 3. The van der Waals surface area contributed by atoms with E-state index in [4.69, 9.17) is 0 Å². The van der Waals surface area contributed by atoms with Gasteiger partial charge in [-0.3, -0.25) is 4.79 Å². The van der Waals surface area contributed by atoms with Crippen molar-refractivity contribution in [2.75, 3.05) is 14.1 Å². The minimum atomic E-state index is -0.535. The summed E-state index contributed by atoms with van der Waals surface area (Å²) in [6, 6.07) is -0.535. The van der Waals surface area contributed by atoms with Crippen molar-refractivity contribution >= 4 is 12.0 Å². The minimum Gasteiger partial charge on any atom is -0.347 e. The third-order valence-corrected chi connectivity index (χ3v) is 1.77. The Hall–Kier alpha value is -1.15. The first-order chi connectivity index (χ1) is 6.13. The zero-order valence-electron chi connectivity index (χ0n) is 8.41. The summed E-state index contributed by atoms with van der Waals surface area (Å²) in [5.74, 6) is -0.128. The summed E-state index contributed by atoms with van der Waals surface area (Å²) >= 11 is 0. The number of nitrogens with zero attached hydrogens (tertiary/aromatic N) is 2. The van der Waals surface area contributed by atoms with Gasteiger partial charge in [0.15, 0.2) is 0 Å². The maximum atomic E-state index is 11.4. The van der Waals surface area contributed by atoms with E-state index in [1.54, 1.807) is 14.1 Å². The van der Waals surface area contributed by atoms with Gasteiger partial charge in [-0.1, -0.05) is 19.8 Å². The van der Waals surface area contributed by atoms with Gasteiger partial charge in [0.2, 0.25) is 12.0 Å². The van der Waals surface area contributed by atoms with Gasteiger partial charge in [0, 0.05) is 14.1 Å². The number of amides is 1. The molecule has 4 heteroatoms. The van der Waals surface area contributed by atoms with Crippen LogP contribution in [-0.4, -0.2) is 37.0 Å². The van der Waals surface area contributed by atoms with E-state index in [9.17, 15) is 9.59 Å². The quantitative estimate of drug-likeness (QED) is 0.472. The van der Waals surface area contributed by atoms with E-state index < -0.39 is 6.04 Å². The lowest BCUT2D eigenvalue weighted by atomic mass is 10.1. The molecule has 0 saturated carbocycles. The van der Waals surface area contributed by atoms with Crippen molar-refractivity contribution in [3.8, 4) is 0 Å². The second kappa shape index (κ2) is 6.38. The molecule has 1 unspecified atom stereocenters. The zero-order chi connectivity index (χ0) is 10.3. The van der Waals surface area contributed by atoms with Crippen LogP contribution in [0.4, 0.5) is 0 Å². The Bertz CT molecular complexity index is 208. The molecule has 0 saturated heterocycles. The monoisotopic (exact) mass is 184 g/mol. The molecular formula is C9H16N2O2. The summed E-state index contributed by atoms with van der Waals surface area (Å²) < 4.78 is 0. The molecule has 1 atom stereocenters. The zero-order valence-corrected chi connectivity index (χ0v) is 8.41. The van der Waals surface area contributed by atoms with E-state index in [0.29, 0.717) is 6.42 Å². The summed E-state index contributed by atoms with van der Waals surface area (Å²) in [7, 11) is 3.31. The second-order valence-electron chi connectivity index (χ2n) is 3.11. The number of likely N-dealkylation sites (N-methyl/N-ethyl adjacent to an activating group) is 1. The normalized spacial score (nSPS) is 11.6. The van der Waals surface area contributed by atoms with Gasteiger partial charge < -0.3 is 4.90 Å². The van der Waals surface area contributed by atoms with Crippen molar-refractivity contribution < 1.29 is 9.59 Å². The van der Waals surface area contributed by atoms with Crippen LogP contribution in [0.25, 0.3) is 0 Å². The third kappa shape index (κ3) is 4.43. The van der Waals surface area contributed by atoms with Crippen LogP contribution < -0.4 is 0 Å². The van der Waals surface area contributed by atoms with Crippen molar-refractivity contribution in [1.82, 2.24) is 4.90 Å². The van der Waals surface area contributed by atoms with Gasteiger partial charge in [-0.05, 0) is 6.42 Å². The molecule has 0 bridgehead atoms. The highest BCUT2D eigenvalue weighted by Crippen LogP contribution is 2.06. The molecule has 0 aromatic rings. The Morgan fingerprint density at radius 3 is 2.54 bits per heavy atom. The maximum Gasteiger partial charge on any atom is 0.247 e. The number of unbranched alkanes of at least 4 members (excludes halogenated alkanes) is 1. The average Bonchev–Trinajstić information content (AvgIpc) is 2.11. The molecular weight excluding hydrogens is 168 g/mol. The summed E-state index contributed by atoms with van der Waals surface area (Å²) in [5, 5.41) is 0. The highest BCUT2D eigenvalue weighted by molar-refractivity contribution is 5.82. The number of rotatable bonds is 5. The van der Waals surface area contributed by atoms with Gasteiger partial charge >= 0.3 is 0 Å². The van der Waals surface area contributed by atoms with Crippen LogP contribution in [0.2, 0.25) is 0 Å². The van der Waals surface area contributed by atoms with Gasteiger partial charge in [-0.25, -0.2) is 4.79 Å². The SMILES string of the molecule is CCCCC(N=C=O)C(=O)N(C)C. The van der Waals surface area contributed by atoms with Crippen LogP contribution in [0.15, 0.2) is 4.99 Å². The van der Waals surface area contributed by atoms with Crippen LogP contribution in [0.3, 0.4) is 0 Å². The minimum absolute atomic E-state index is 0.128. The summed E-state index contributed by atoms with van der Waals surface area (Å²) in [6.07, 6.45) is 3.96. The predicted octanol–water partition coefficient (Wildman–Crippen LogP) is 0.969. The van der Waals surface area contributed by atoms with Crippen molar-refractivity contribution in [2.24, 2.45) is 4.99 Å². The first-order valence-electron chi connectivity index (χ1n) is 4.41. The summed E-state index contributed by atoms with van der Waals surface area (Å²) in [6.45, 7) is 2.03. The Labute approximate surface area is 78.6 Å². The van der Waals surface area contributed by atoms with E-state index >= 15 is 0 Å². The van der Waals surface area contributed by atoms with E-state index in [0.717, 1.165) is 12.8 Å². The Balaban J connectivity index is 4.23.